The molecule has 0 spiro atoms. The van der Waals surface area contributed by atoms with E-state index in [1.165, 1.54) is 0 Å². The van der Waals surface area contributed by atoms with Gasteiger partial charge in [-0.3, -0.25) is 0 Å². The molecule has 0 radical (unpaired) electrons. The fourth-order valence-electron chi connectivity index (χ4n) is 2.43. The Morgan fingerprint density at radius 3 is 2.29 bits per heavy atom. The molecule has 0 fully saturated rings. The lowest BCUT2D eigenvalue weighted by atomic mass is 9.86. The minimum Gasteiger partial charge on any atom is -0.490 e. The Labute approximate surface area is 127 Å². The molecule has 0 saturated heterocycles. The minimum atomic E-state index is -0.612. The van der Waals surface area contributed by atoms with Crippen molar-refractivity contribution >= 4 is 0 Å². The van der Waals surface area contributed by atoms with Gasteiger partial charge in [0, 0.05) is 0 Å². The second-order valence-corrected chi connectivity index (χ2v) is 6.43. The number of aliphatic hydroxyl groups excluding tert-OH is 1. The second-order valence-electron chi connectivity index (χ2n) is 6.43. The molecule has 0 aliphatic rings. The molecule has 0 bridgehead atoms. The average molecular weight is 284 g/mol. The van der Waals surface area contributed by atoms with Gasteiger partial charge in [-0.25, -0.2) is 0 Å². The van der Waals surface area contributed by atoms with E-state index in [1.54, 1.807) is 0 Å². The van der Waals surface area contributed by atoms with Crippen molar-refractivity contribution < 1.29 is 9.84 Å². The van der Waals surface area contributed by atoms with Crippen LogP contribution in [0, 0.1) is 6.92 Å². The number of hydrogen-bond donors (Lipinski definition) is 1. The van der Waals surface area contributed by atoms with Crippen LogP contribution in [-0.2, 0) is 5.41 Å². The molecule has 0 heterocycles. The molecule has 2 aromatic rings. The zero-order valence-electron chi connectivity index (χ0n) is 13.3. The highest BCUT2D eigenvalue weighted by Crippen LogP contribution is 2.31. The molecule has 1 atom stereocenters. The maximum Gasteiger partial charge on any atom is 0.123 e. The van der Waals surface area contributed by atoms with E-state index in [1.807, 2.05) is 49.4 Å². The third kappa shape index (κ3) is 3.85. The number of ether oxygens (including phenoxy) is 1. The minimum absolute atomic E-state index is 0.0181. The van der Waals surface area contributed by atoms with Gasteiger partial charge in [-0.2, -0.15) is 0 Å². The van der Waals surface area contributed by atoms with Crippen LogP contribution in [0.1, 0.15) is 43.6 Å². The number of benzene rings is 2. The number of para-hydroxylation sites is 1. The first-order chi connectivity index (χ1) is 9.89. The van der Waals surface area contributed by atoms with Gasteiger partial charge in [0.15, 0.2) is 0 Å². The van der Waals surface area contributed by atoms with Gasteiger partial charge in [-0.15, -0.1) is 0 Å². The normalized spacial score (nSPS) is 13.0. The van der Waals surface area contributed by atoms with Gasteiger partial charge in [0.1, 0.15) is 18.5 Å². The molecule has 0 amide bonds. The highest BCUT2D eigenvalue weighted by atomic mass is 16.5. The van der Waals surface area contributed by atoms with Crippen LogP contribution in [0.3, 0.4) is 0 Å². The topological polar surface area (TPSA) is 29.5 Å². The Morgan fingerprint density at radius 2 is 1.62 bits per heavy atom. The van der Waals surface area contributed by atoms with E-state index in [2.05, 4.69) is 26.8 Å². The number of rotatable bonds is 4. The fourth-order valence-corrected chi connectivity index (χ4v) is 2.43. The maximum atomic E-state index is 10.3. The highest BCUT2D eigenvalue weighted by molar-refractivity contribution is 5.38. The summed E-state index contributed by atoms with van der Waals surface area (Å²) in [4.78, 5) is 0. The van der Waals surface area contributed by atoms with E-state index in [4.69, 9.17) is 4.74 Å². The van der Waals surface area contributed by atoms with Crippen LogP contribution in [0.15, 0.2) is 48.5 Å². The predicted octanol–water partition coefficient (Wildman–Crippen LogP) is 4.40. The SMILES string of the molecule is Cc1ccccc1C(O)COc1ccccc1C(C)(C)C. The van der Waals surface area contributed by atoms with Crippen molar-refractivity contribution in [2.24, 2.45) is 0 Å². The zero-order chi connectivity index (χ0) is 15.5. The smallest absolute Gasteiger partial charge is 0.123 e. The Bertz CT molecular complexity index is 597. The standard InChI is InChI=1S/C19H24O2/c1-14-9-5-6-10-15(14)17(20)13-21-18-12-8-7-11-16(18)19(2,3)4/h5-12,17,20H,13H2,1-4H3. The first-order valence-corrected chi connectivity index (χ1v) is 7.35. The Balaban J connectivity index is 2.12. The summed E-state index contributed by atoms with van der Waals surface area (Å²) in [6.07, 6.45) is -0.612. The number of hydrogen-bond acceptors (Lipinski definition) is 2. The molecule has 0 aromatic heterocycles. The summed E-state index contributed by atoms with van der Waals surface area (Å²) in [6, 6.07) is 15.9. The van der Waals surface area contributed by atoms with Gasteiger partial charge >= 0.3 is 0 Å². The highest BCUT2D eigenvalue weighted by Gasteiger charge is 2.19. The summed E-state index contributed by atoms with van der Waals surface area (Å²) in [5, 5.41) is 10.3. The summed E-state index contributed by atoms with van der Waals surface area (Å²) in [5.41, 5.74) is 3.18. The van der Waals surface area contributed by atoms with Crippen LogP contribution in [0.4, 0.5) is 0 Å². The van der Waals surface area contributed by atoms with E-state index in [-0.39, 0.29) is 12.0 Å². The zero-order valence-corrected chi connectivity index (χ0v) is 13.3. The molecular formula is C19H24O2. The van der Waals surface area contributed by atoms with Crippen molar-refractivity contribution in [1.29, 1.82) is 0 Å². The van der Waals surface area contributed by atoms with Crippen molar-refractivity contribution in [3.05, 3.63) is 65.2 Å². The Hall–Kier alpha value is -1.80. The van der Waals surface area contributed by atoms with Gasteiger partial charge in [-0.1, -0.05) is 63.2 Å². The molecule has 0 aliphatic carbocycles. The lowest BCUT2D eigenvalue weighted by Crippen LogP contribution is -2.16. The van der Waals surface area contributed by atoms with Crippen LogP contribution in [-0.4, -0.2) is 11.7 Å². The van der Waals surface area contributed by atoms with Gasteiger partial charge in [0.05, 0.1) is 0 Å². The molecule has 21 heavy (non-hydrogen) atoms. The first-order valence-electron chi connectivity index (χ1n) is 7.35. The Morgan fingerprint density at radius 1 is 1.00 bits per heavy atom. The van der Waals surface area contributed by atoms with Crippen LogP contribution in [0.25, 0.3) is 0 Å². The molecular weight excluding hydrogens is 260 g/mol. The lowest BCUT2D eigenvalue weighted by Gasteiger charge is -2.23. The third-order valence-corrected chi connectivity index (χ3v) is 3.64. The molecule has 1 unspecified atom stereocenters. The molecule has 1 N–H and O–H groups in total. The first kappa shape index (κ1) is 15.6. The summed E-state index contributed by atoms with van der Waals surface area (Å²) in [6.45, 7) is 8.74. The van der Waals surface area contributed by atoms with Gasteiger partial charge in [0.2, 0.25) is 0 Å². The molecule has 112 valence electrons. The summed E-state index contributed by atoms with van der Waals surface area (Å²) in [5.74, 6) is 0.845. The molecule has 2 rings (SSSR count). The third-order valence-electron chi connectivity index (χ3n) is 3.64. The molecule has 0 saturated carbocycles. The van der Waals surface area contributed by atoms with E-state index in [9.17, 15) is 5.11 Å². The van der Waals surface area contributed by atoms with Crippen molar-refractivity contribution in [2.45, 2.75) is 39.2 Å². The molecule has 2 nitrogen and oxygen atoms in total. The van der Waals surface area contributed by atoms with E-state index in [0.717, 1.165) is 22.4 Å². The van der Waals surface area contributed by atoms with Crippen molar-refractivity contribution in [3.63, 3.8) is 0 Å². The molecule has 0 aliphatic heterocycles. The molecule has 2 heteroatoms. The molecule has 2 aromatic carbocycles. The van der Waals surface area contributed by atoms with E-state index in [0.29, 0.717) is 0 Å². The van der Waals surface area contributed by atoms with Crippen molar-refractivity contribution in [3.8, 4) is 5.75 Å². The van der Waals surface area contributed by atoms with Gasteiger partial charge in [-0.05, 0) is 35.1 Å². The summed E-state index contributed by atoms with van der Waals surface area (Å²) >= 11 is 0. The Kier molecular flexibility index (Phi) is 4.69. The second kappa shape index (κ2) is 6.31. The monoisotopic (exact) mass is 284 g/mol. The quantitative estimate of drug-likeness (QED) is 0.901. The van der Waals surface area contributed by atoms with Crippen LogP contribution in [0.2, 0.25) is 0 Å². The summed E-state index contributed by atoms with van der Waals surface area (Å²) in [7, 11) is 0. The predicted molar refractivity (Wildman–Crippen MR) is 86.8 cm³/mol. The van der Waals surface area contributed by atoms with Crippen LogP contribution >= 0.6 is 0 Å². The van der Waals surface area contributed by atoms with Gasteiger partial charge < -0.3 is 9.84 Å². The van der Waals surface area contributed by atoms with Gasteiger partial charge in [0.25, 0.3) is 0 Å². The van der Waals surface area contributed by atoms with Crippen LogP contribution < -0.4 is 4.74 Å². The van der Waals surface area contributed by atoms with Crippen molar-refractivity contribution in [2.75, 3.05) is 6.61 Å². The largest absolute Gasteiger partial charge is 0.490 e. The maximum absolute atomic E-state index is 10.3. The average Bonchev–Trinajstić information content (AvgIpc) is 2.44. The van der Waals surface area contributed by atoms with Crippen LogP contribution in [0.5, 0.6) is 5.75 Å². The lowest BCUT2D eigenvalue weighted by molar-refractivity contribution is 0.106. The van der Waals surface area contributed by atoms with E-state index < -0.39 is 6.10 Å². The van der Waals surface area contributed by atoms with E-state index >= 15 is 0 Å². The summed E-state index contributed by atoms with van der Waals surface area (Å²) < 4.78 is 5.88. The fraction of sp³-hybridized carbons (Fsp3) is 0.368. The number of aryl methyl sites for hydroxylation is 1. The number of aliphatic hydroxyl groups is 1. The van der Waals surface area contributed by atoms with Crippen molar-refractivity contribution in [1.82, 2.24) is 0 Å².